The molecule has 0 unspecified atom stereocenters. The maximum Gasteiger partial charge on any atom is 0.0953 e. The molecule has 0 saturated heterocycles. The lowest BCUT2D eigenvalue weighted by molar-refractivity contribution is 0.592. The highest BCUT2D eigenvalue weighted by molar-refractivity contribution is 6.42. The summed E-state index contributed by atoms with van der Waals surface area (Å²) < 4.78 is 2.31. The largest absolute Gasteiger partial charge is 0.327 e. The first-order valence-electron chi connectivity index (χ1n) is 13.2. The topological polar surface area (TPSA) is 17.8 Å². The lowest BCUT2D eigenvalue weighted by atomic mass is 9.76. The second-order valence-electron chi connectivity index (χ2n) is 9.50. The number of rotatable bonds is 8. The Kier molecular flexibility index (Phi) is 9.72. The van der Waals surface area contributed by atoms with Crippen molar-refractivity contribution in [3.05, 3.63) is 174 Å². The molecule has 0 aliphatic heterocycles. The predicted octanol–water partition coefficient (Wildman–Crippen LogP) is 7.13. The van der Waals surface area contributed by atoms with Crippen molar-refractivity contribution < 1.29 is 0 Å². The molecule has 5 aromatic rings. The highest BCUT2D eigenvalue weighted by atomic mass is 28.2. The molecule has 0 aliphatic carbocycles. The number of nitrogens with zero attached hydrogens (tertiary/aromatic N) is 2. The number of aromatic nitrogens is 2. The van der Waals surface area contributed by atoms with Crippen LogP contribution >= 0.6 is 0 Å². The van der Waals surface area contributed by atoms with E-state index in [0.717, 1.165) is 11.1 Å². The van der Waals surface area contributed by atoms with E-state index in [0.29, 0.717) is 0 Å². The summed E-state index contributed by atoms with van der Waals surface area (Å²) in [5, 5.41) is -0.108. The van der Waals surface area contributed by atoms with E-state index in [2.05, 4.69) is 121 Å². The first-order chi connectivity index (χ1) is 18.6. The summed E-state index contributed by atoms with van der Waals surface area (Å²) >= 11 is 0. The average Bonchev–Trinajstić information content (AvgIpc) is 3.55. The van der Waals surface area contributed by atoms with Crippen LogP contribution in [-0.4, -0.2) is 26.9 Å². The molecule has 0 bridgehead atoms. The molecule has 0 aliphatic rings. The van der Waals surface area contributed by atoms with Crippen molar-refractivity contribution in [2.45, 2.75) is 30.9 Å². The van der Waals surface area contributed by atoms with Crippen LogP contribution in [0.2, 0.25) is 6.04 Å². The highest BCUT2D eigenvalue weighted by Crippen LogP contribution is 2.34. The lowest BCUT2D eigenvalue weighted by Crippen LogP contribution is -2.41. The van der Waals surface area contributed by atoms with Crippen LogP contribution in [0.3, 0.4) is 0 Å². The summed E-state index contributed by atoms with van der Waals surface area (Å²) in [5.74, 6) is -0.0163. The van der Waals surface area contributed by atoms with Crippen molar-refractivity contribution in [3.63, 3.8) is 0 Å². The zero-order valence-electron chi connectivity index (χ0n) is 22.3. The van der Waals surface area contributed by atoms with Crippen LogP contribution in [0.1, 0.15) is 41.9 Å². The Labute approximate surface area is 231 Å². The van der Waals surface area contributed by atoms with Gasteiger partial charge in [-0.25, -0.2) is 4.98 Å². The van der Waals surface area contributed by atoms with Crippen LogP contribution in [0, 0.1) is 0 Å². The van der Waals surface area contributed by atoms with Crippen molar-refractivity contribution >= 4 is 17.4 Å². The Bertz CT molecular complexity index is 1290. The van der Waals surface area contributed by atoms with Gasteiger partial charge in [-0.15, -0.1) is 0 Å². The van der Waals surface area contributed by atoms with Gasteiger partial charge in [0.15, 0.2) is 0 Å². The van der Waals surface area contributed by atoms with Crippen molar-refractivity contribution in [1.29, 1.82) is 0 Å². The minimum absolute atomic E-state index is 0.0163. The van der Waals surface area contributed by atoms with E-state index in [-0.39, 0.29) is 11.0 Å². The van der Waals surface area contributed by atoms with Gasteiger partial charge in [-0.2, -0.15) is 0 Å². The average molecular weight is 511 g/mol. The number of imidazole rings is 1. The molecule has 0 amide bonds. The Hall–Kier alpha value is -3.89. The maximum absolute atomic E-state index is 6.12. The second-order valence-corrected chi connectivity index (χ2v) is 11.5. The minimum atomic E-state index is -0.551. The second kappa shape index (κ2) is 13.6. The summed E-state index contributed by atoms with van der Waals surface area (Å²) in [4.78, 5) is 4.36. The molecule has 2 radical (unpaired) electrons. The molecule has 0 atom stereocenters. The van der Waals surface area contributed by atoms with E-state index in [9.17, 15) is 0 Å². The molecule has 1 heterocycles. The fourth-order valence-electron chi connectivity index (χ4n) is 4.83. The Balaban J connectivity index is 0.000000204. The van der Waals surface area contributed by atoms with Crippen molar-refractivity contribution in [3.8, 4) is 0 Å². The fourth-order valence-corrected chi connectivity index (χ4v) is 7.37. The van der Waals surface area contributed by atoms with Gasteiger partial charge in [0.1, 0.15) is 0 Å². The van der Waals surface area contributed by atoms with Gasteiger partial charge in [-0.05, 0) is 48.0 Å². The quantitative estimate of drug-likeness (QED) is 0.160. The molecule has 0 fully saturated rings. The van der Waals surface area contributed by atoms with Gasteiger partial charge in [0.2, 0.25) is 0 Å². The molecule has 1 aromatic heterocycles. The maximum atomic E-state index is 6.12. The predicted molar refractivity (Wildman–Crippen MR) is 165 cm³/mol. The standard InChI is InChI=1S/C21H24N2Si.C13H11B/c1-3-18(2)16-24-21(23-15-14-22-17-23,19-10-6-4-7-11-19)20-12-8-5-9-13-20;14-13(11-7-3-1-4-8-11)12-9-5-2-6-10-12/h3-15,17H,16,24H2,1-2H3;1-10,13H. The third kappa shape index (κ3) is 6.51. The van der Waals surface area contributed by atoms with Gasteiger partial charge in [-0.1, -0.05) is 133 Å². The van der Waals surface area contributed by atoms with E-state index in [1.807, 2.05) is 48.9 Å². The molecular formula is C34H35BN2Si. The molecule has 4 aromatic carbocycles. The summed E-state index contributed by atoms with van der Waals surface area (Å²) in [7, 11) is 5.57. The van der Waals surface area contributed by atoms with Crippen LogP contribution in [0.15, 0.2) is 152 Å². The molecule has 2 nitrogen and oxygen atoms in total. The molecule has 4 heteroatoms. The van der Waals surface area contributed by atoms with E-state index in [1.54, 1.807) is 0 Å². The molecule has 0 N–H and O–H groups in total. The van der Waals surface area contributed by atoms with Gasteiger partial charge in [0.05, 0.1) is 28.9 Å². The summed E-state index contributed by atoms with van der Waals surface area (Å²) in [6.45, 7) is 4.37. The normalized spacial score (nSPS) is 11.9. The SMILES string of the molecule is CC=C(C)C[SiH2]C(c1ccccc1)(c1ccccc1)n1ccnc1.[B]C(c1ccccc1)c1ccccc1. The van der Waals surface area contributed by atoms with Gasteiger partial charge in [0.25, 0.3) is 0 Å². The number of hydrogen-bond donors (Lipinski definition) is 0. The molecule has 38 heavy (non-hydrogen) atoms. The summed E-state index contributed by atoms with van der Waals surface area (Å²) in [6.07, 6.45) is 8.20. The lowest BCUT2D eigenvalue weighted by Gasteiger charge is -2.37. The number of benzene rings is 4. The van der Waals surface area contributed by atoms with Crippen molar-refractivity contribution in [2.24, 2.45) is 0 Å². The van der Waals surface area contributed by atoms with Crippen LogP contribution in [0.25, 0.3) is 0 Å². The monoisotopic (exact) mass is 510 g/mol. The third-order valence-electron chi connectivity index (χ3n) is 7.14. The number of hydrogen-bond acceptors (Lipinski definition) is 1. The zero-order valence-corrected chi connectivity index (χ0v) is 23.7. The van der Waals surface area contributed by atoms with E-state index in [1.165, 1.54) is 22.7 Å². The Morgan fingerprint density at radius 3 is 1.63 bits per heavy atom. The summed E-state index contributed by atoms with van der Waals surface area (Å²) in [5.41, 5.74) is 6.48. The Morgan fingerprint density at radius 1 is 0.789 bits per heavy atom. The molecule has 5 rings (SSSR count). The van der Waals surface area contributed by atoms with E-state index >= 15 is 0 Å². The van der Waals surface area contributed by atoms with Crippen LogP contribution in [0.4, 0.5) is 0 Å². The van der Waals surface area contributed by atoms with Gasteiger partial charge in [0, 0.05) is 12.4 Å². The number of allylic oxidation sites excluding steroid dienone is 2. The van der Waals surface area contributed by atoms with E-state index in [4.69, 9.17) is 7.85 Å². The van der Waals surface area contributed by atoms with Crippen LogP contribution < -0.4 is 0 Å². The zero-order chi connectivity index (χ0) is 26.6. The fraction of sp³-hybridized carbons (Fsp3) is 0.147. The van der Waals surface area contributed by atoms with E-state index < -0.39 is 9.52 Å². The smallest absolute Gasteiger partial charge is 0.0953 e. The third-order valence-corrected chi connectivity index (χ3v) is 10.1. The minimum Gasteiger partial charge on any atom is -0.327 e. The van der Waals surface area contributed by atoms with Crippen molar-refractivity contribution in [2.75, 3.05) is 0 Å². The molecule has 0 spiro atoms. The van der Waals surface area contributed by atoms with Crippen molar-refractivity contribution in [1.82, 2.24) is 9.55 Å². The van der Waals surface area contributed by atoms with Gasteiger partial charge >= 0.3 is 0 Å². The summed E-state index contributed by atoms with van der Waals surface area (Å²) in [6, 6.07) is 43.2. The molecule has 0 saturated carbocycles. The van der Waals surface area contributed by atoms with Crippen LogP contribution in [-0.2, 0) is 5.16 Å². The first-order valence-corrected chi connectivity index (χ1v) is 14.9. The van der Waals surface area contributed by atoms with Crippen LogP contribution in [0.5, 0.6) is 0 Å². The van der Waals surface area contributed by atoms with Gasteiger partial charge in [-0.3, -0.25) is 0 Å². The molecular weight excluding hydrogens is 475 g/mol. The first kappa shape index (κ1) is 27.2. The Morgan fingerprint density at radius 2 is 1.24 bits per heavy atom. The van der Waals surface area contributed by atoms with Gasteiger partial charge < -0.3 is 4.57 Å². The molecule has 188 valence electrons. The highest BCUT2D eigenvalue weighted by Gasteiger charge is 2.35.